The van der Waals surface area contributed by atoms with Gasteiger partial charge >= 0.3 is 0 Å². The van der Waals surface area contributed by atoms with E-state index in [0.717, 1.165) is 64.0 Å². The molecule has 0 saturated carbocycles. The maximum atomic E-state index is 13.1. The maximum absolute atomic E-state index is 13.1. The van der Waals surface area contributed by atoms with Crippen molar-refractivity contribution in [1.29, 1.82) is 0 Å². The van der Waals surface area contributed by atoms with Crippen molar-refractivity contribution in [2.24, 2.45) is 17.1 Å². The minimum Gasteiger partial charge on any atom is -0.343 e. The Balaban J connectivity index is 1.41. The van der Waals surface area contributed by atoms with Crippen LogP contribution in [0.25, 0.3) is 0 Å². The van der Waals surface area contributed by atoms with E-state index >= 15 is 0 Å². The Labute approximate surface area is 200 Å². The van der Waals surface area contributed by atoms with E-state index in [1.54, 1.807) is 6.92 Å². The SMILES string of the molecule is CC(=O)N1CCC(C2(Cn3ccnc3)CCN(C(=O)C(N)Cc3ccc(Cl)cc3)CC2)CC1. The van der Waals surface area contributed by atoms with Crippen molar-refractivity contribution in [1.82, 2.24) is 19.4 Å². The maximum Gasteiger partial charge on any atom is 0.239 e. The van der Waals surface area contributed by atoms with Gasteiger partial charge in [-0.15, -0.1) is 0 Å². The molecule has 1 unspecified atom stereocenters. The quantitative estimate of drug-likeness (QED) is 0.701. The molecule has 2 amide bonds. The fourth-order valence-electron chi connectivity index (χ4n) is 5.61. The first-order valence-corrected chi connectivity index (χ1v) is 12.2. The van der Waals surface area contributed by atoms with Gasteiger partial charge in [0, 0.05) is 57.1 Å². The van der Waals surface area contributed by atoms with Crippen LogP contribution in [0.2, 0.25) is 5.02 Å². The molecule has 2 aromatic rings. The summed E-state index contributed by atoms with van der Waals surface area (Å²) >= 11 is 5.97. The zero-order valence-electron chi connectivity index (χ0n) is 19.3. The minimum atomic E-state index is -0.550. The predicted octanol–water partition coefficient (Wildman–Crippen LogP) is 2.97. The van der Waals surface area contributed by atoms with Crippen molar-refractivity contribution in [3.8, 4) is 0 Å². The van der Waals surface area contributed by atoms with Gasteiger partial charge in [0.05, 0.1) is 12.4 Å². The Bertz CT molecular complexity index is 930. The molecule has 7 nitrogen and oxygen atoms in total. The van der Waals surface area contributed by atoms with Gasteiger partial charge in [0.2, 0.25) is 11.8 Å². The van der Waals surface area contributed by atoms with E-state index in [4.69, 9.17) is 17.3 Å². The lowest BCUT2D eigenvalue weighted by Crippen LogP contribution is -2.53. The van der Waals surface area contributed by atoms with Gasteiger partial charge < -0.3 is 20.1 Å². The number of halogens is 1. The standard InChI is InChI=1S/C25H34ClN5O2/c1-19(32)30-11-6-21(7-12-30)25(17-29-15-10-28-18-29)8-13-31(14-9-25)24(33)23(27)16-20-2-4-22(26)5-3-20/h2-5,10,15,18,21,23H,6-9,11-14,16-17,27H2,1H3. The molecule has 0 radical (unpaired) electrons. The molecular formula is C25H34ClN5O2. The lowest BCUT2D eigenvalue weighted by molar-refractivity contribution is -0.137. The third-order valence-electron chi connectivity index (χ3n) is 7.62. The molecule has 2 N–H and O–H groups in total. The summed E-state index contributed by atoms with van der Waals surface area (Å²) in [7, 11) is 0. The van der Waals surface area contributed by atoms with Crippen molar-refractivity contribution in [2.45, 2.75) is 51.6 Å². The van der Waals surface area contributed by atoms with Crippen LogP contribution in [0.15, 0.2) is 43.0 Å². The van der Waals surface area contributed by atoms with Crippen molar-refractivity contribution in [2.75, 3.05) is 26.2 Å². The number of benzene rings is 1. The lowest BCUT2D eigenvalue weighted by atomic mass is 9.65. The van der Waals surface area contributed by atoms with E-state index in [0.29, 0.717) is 17.4 Å². The smallest absolute Gasteiger partial charge is 0.239 e. The van der Waals surface area contributed by atoms with Gasteiger partial charge in [0.1, 0.15) is 0 Å². The number of nitrogens with zero attached hydrogens (tertiary/aromatic N) is 4. The number of carbonyl (C=O) groups is 2. The summed E-state index contributed by atoms with van der Waals surface area (Å²) in [5.41, 5.74) is 7.42. The molecule has 4 rings (SSSR count). The molecule has 0 aliphatic carbocycles. The molecule has 33 heavy (non-hydrogen) atoms. The molecule has 1 aromatic carbocycles. The van der Waals surface area contributed by atoms with E-state index < -0.39 is 6.04 Å². The van der Waals surface area contributed by atoms with Crippen LogP contribution in [0.5, 0.6) is 0 Å². The second kappa shape index (κ2) is 10.3. The summed E-state index contributed by atoms with van der Waals surface area (Å²) in [6.45, 7) is 5.62. The number of aromatic nitrogens is 2. The Morgan fingerprint density at radius 2 is 1.79 bits per heavy atom. The molecular weight excluding hydrogens is 438 g/mol. The highest BCUT2D eigenvalue weighted by molar-refractivity contribution is 6.30. The van der Waals surface area contributed by atoms with Crippen LogP contribution in [0.1, 0.15) is 38.2 Å². The molecule has 2 saturated heterocycles. The number of likely N-dealkylation sites (tertiary alicyclic amines) is 2. The van der Waals surface area contributed by atoms with Crippen molar-refractivity contribution in [3.63, 3.8) is 0 Å². The summed E-state index contributed by atoms with van der Waals surface area (Å²) in [4.78, 5) is 33.0. The van der Waals surface area contributed by atoms with Crippen LogP contribution < -0.4 is 5.73 Å². The summed E-state index contributed by atoms with van der Waals surface area (Å²) in [6.07, 6.45) is 10.1. The highest BCUT2D eigenvalue weighted by Gasteiger charge is 2.44. The summed E-state index contributed by atoms with van der Waals surface area (Å²) in [6, 6.07) is 6.96. The monoisotopic (exact) mass is 471 g/mol. The Kier molecular flexibility index (Phi) is 7.39. The molecule has 8 heteroatoms. The third kappa shape index (κ3) is 5.58. The van der Waals surface area contributed by atoms with Crippen molar-refractivity contribution < 1.29 is 9.59 Å². The zero-order chi connectivity index (χ0) is 23.4. The van der Waals surface area contributed by atoms with Crippen molar-refractivity contribution >= 4 is 23.4 Å². The molecule has 1 atom stereocenters. The Morgan fingerprint density at radius 1 is 1.12 bits per heavy atom. The Hall–Kier alpha value is -2.38. The molecule has 1 aromatic heterocycles. The van der Waals surface area contributed by atoms with Gasteiger partial charge in [-0.05, 0) is 61.1 Å². The topological polar surface area (TPSA) is 84.5 Å². The van der Waals surface area contributed by atoms with Crippen LogP contribution in [0.4, 0.5) is 0 Å². The second-order valence-electron chi connectivity index (χ2n) is 9.64. The van der Waals surface area contributed by atoms with Crippen LogP contribution in [0.3, 0.4) is 0 Å². The summed E-state index contributed by atoms with van der Waals surface area (Å²) in [5, 5.41) is 0.679. The number of imidazole rings is 1. The van der Waals surface area contributed by atoms with Gasteiger partial charge in [-0.25, -0.2) is 4.98 Å². The fraction of sp³-hybridized carbons (Fsp3) is 0.560. The van der Waals surface area contributed by atoms with Gasteiger partial charge in [-0.3, -0.25) is 9.59 Å². The number of hydrogen-bond acceptors (Lipinski definition) is 4. The molecule has 0 bridgehead atoms. The van der Waals surface area contributed by atoms with Crippen LogP contribution in [0, 0.1) is 11.3 Å². The minimum absolute atomic E-state index is 0.0209. The van der Waals surface area contributed by atoms with Gasteiger partial charge in [0.15, 0.2) is 0 Å². The first-order chi connectivity index (χ1) is 15.9. The van der Waals surface area contributed by atoms with Crippen LogP contribution >= 0.6 is 11.6 Å². The first kappa shape index (κ1) is 23.8. The number of hydrogen-bond donors (Lipinski definition) is 1. The average Bonchev–Trinajstić information content (AvgIpc) is 3.33. The van der Waals surface area contributed by atoms with E-state index in [1.807, 2.05) is 52.8 Å². The van der Waals surface area contributed by atoms with Gasteiger partial charge in [-0.1, -0.05) is 23.7 Å². The van der Waals surface area contributed by atoms with E-state index in [1.165, 1.54) is 0 Å². The second-order valence-corrected chi connectivity index (χ2v) is 10.1. The summed E-state index contributed by atoms with van der Waals surface area (Å²) < 4.78 is 2.17. The normalized spacial score (nSPS) is 20.0. The van der Waals surface area contributed by atoms with E-state index in [-0.39, 0.29) is 17.2 Å². The zero-order valence-corrected chi connectivity index (χ0v) is 20.1. The number of carbonyl (C=O) groups excluding carboxylic acids is 2. The summed E-state index contributed by atoms with van der Waals surface area (Å²) in [5.74, 6) is 0.704. The highest BCUT2D eigenvalue weighted by Crippen LogP contribution is 2.45. The molecule has 0 spiro atoms. The van der Waals surface area contributed by atoms with Crippen LogP contribution in [-0.4, -0.2) is 63.4 Å². The third-order valence-corrected chi connectivity index (χ3v) is 7.87. The van der Waals surface area contributed by atoms with E-state index in [2.05, 4.69) is 9.55 Å². The number of piperidine rings is 2. The number of rotatable bonds is 6. The molecule has 2 aliphatic rings. The fourth-order valence-corrected chi connectivity index (χ4v) is 5.74. The molecule has 2 fully saturated rings. The molecule has 2 aliphatic heterocycles. The largest absolute Gasteiger partial charge is 0.343 e. The molecule has 3 heterocycles. The first-order valence-electron chi connectivity index (χ1n) is 11.9. The van der Waals surface area contributed by atoms with Gasteiger partial charge in [0.25, 0.3) is 0 Å². The Morgan fingerprint density at radius 3 is 2.36 bits per heavy atom. The lowest BCUT2D eigenvalue weighted by Gasteiger charge is -2.49. The van der Waals surface area contributed by atoms with E-state index in [9.17, 15) is 9.59 Å². The highest BCUT2D eigenvalue weighted by atomic mass is 35.5. The number of amides is 2. The molecule has 178 valence electrons. The van der Waals surface area contributed by atoms with Crippen molar-refractivity contribution in [3.05, 3.63) is 53.6 Å². The average molecular weight is 472 g/mol. The van der Waals surface area contributed by atoms with Crippen LogP contribution in [-0.2, 0) is 22.6 Å². The number of nitrogens with two attached hydrogens (primary N) is 1. The van der Waals surface area contributed by atoms with Gasteiger partial charge in [-0.2, -0.15) is 0 Å². The predicted molar refractivity (Wildman–Crippen MR) is 129 cm³/mol.